The van der Waals surface area contributed by atoms with E-state index in [0.29, 0.717) is 18.1 Å². The maximum atomic E-state index is 12.8. The van der Waals surface area contributed by atoms with Crippen molar-refractivity contribution in [3.63, 3.8) is 0 Å². The average Bonchev–Trinajstić information content (AvgIpc) is 2.96. The molecule has 0 radical (unpaired) electrons. The Kier molecular flexibility index (Phi) is 5.42. The third kappa shape index (κ3) is 4.02. The van der Waals surface area contributed by atoms with Crippen LogP contribution in [0.5, 0.6) is 0 Å². The number of aromatic nitrogens is 1. The van der Waals surface area contributed by atoms with E-state index < -0.39 is 16.1 Å². The molecule has 0 saturated carbocycles. The van der Waals surface area contributed by atoms with Crippen molar-refractivity contribution in [2.24, 2.45) is 0 Å². The summed E-state index contributed by atoms with van der Waals surface area (Å²) < 4.78 is 32.7. The Morgan fingerprint density at radius 3 is 2.80 bits per heavy atom. The fourth-order valence-electron chi connectivity index (χ4n) is 2.44. The molecule has 0 fully saturated rings. The number of hydrogen-bond donors (Lipinski definition) is 1. The van der Waals surface area contributed by atoms with Gasteiger partial charge in [0, 0.05) is 22.3 Å². The lowest BCUT2D eigenvalue weighted by molar-refractivity contribution is 0.168. The van der Waals surface area contributed by atoms with Gasteiger partial charge in [-0.15, -0.1) is 0 Å². The summed E-state index contributed by atoms with van der Waals surface area (Å²) in [5.74, 6) is 0. The first kappa shape index (κ1) is 18.3. The van der Waals surface area contributed by atoms with Crippen molar-refractivity contribution in [2.75, 3.05) is 18.5 Å². The molecule has 1 aliphatic heterocycles. The fourth-order valence-corrected chi connectivity index (χ4v) is 5.21. The van der Waals surface area contributed by atoms with Crippen LogP contribution < -0.4 is 5.32 Å². The molecule has 0 atom stereocenters. The van der Waals surface area contributed by atoms with Crippen LogP contribution in [0.25, 0.3) is 0 Å². The van der Waals surface area contributed by atoms with Gasteiger partial charge in [0.05, 0.1) is 23.7 Å². The lowest BCUT2D eigenvalue weighted by Crippen LogP contribution is -2.35. The monoisotopic (exact) mass is 445 g/mol. The molecule has 1 amide bonds. The number of halogens is 1. The van der Waals surface area contributed by atoms with E-state index in [4.69, 9.17) is 4.74 Å². The van der Waals surface area contributed by atoms with E-state index in [0.717, 1.165) is 15.0 Å². The summed E-state index contributed by atoms with van der Waals surface area (Å²) in [6, 6.07) is 6.57. The molecular formula is C15H16BrN3O4S2. The fraction of sp³-hybridized carbons (Fsp3) is 0.333. The van der Waals surface area contributed by atoms with Crippen LogP contribution in [0.4, 0.5) is 9.93 Å². The van der Waals surface area contributed by atoms with Crippen molar-refractivity contribution < 1.29 is 17.9 Å². The van der Waals surface area contributed by atoms with Gasteiger partial charge in [-0.2, -0.15) is 4.31 Å². The van der Waals surface area contributed by atoms with E-state index in [9.17, 15) is 13.2 Å². The van der Waals surface area contributed by atoms with Crippen molar-refractivity contribution in [1.82, 2.24) is 9.29 Å². The third-order valence-electron chi connectivity index (χ3n) is 3.63. The van der Waals surface area contributed by atoms with Gasteiger partial charge in [-0.05, 0) is 31.2 Å². The second-order valence-electron chi connectivity index (χ2n) is 5.28. The highest BCUT2D eigenvalue weighted by atomic mass is 79.9. The minimum atomic E-state index is -3.56. The molecule has 10 heteroatoms. The van der Waals surface area contributed by atoms with E-state index >= 15 is 0 Å². The number of hydrogen-bond acceptors (Lipinski definition) is 6. The van der Waals surface area contributed by atoms with Gasteiger partial charge in [-0.1, -0.05) is 27.3 Å². The smallest absolute Gasteiger partial charge is 0.413 e. The molecule has 1 N–H and O–H groups in total. The normalized spacial score (nSPS) is 14.8. The Balaban J connectivity index is 1.77. The van der Waals surface area contributed by atoms with Crippen molar-refractivity contribution in [3.05, 3.63) is 39.3 Å². The molecule has 0 spiro atoms. The Labute approximate surface area is 158 Å². The number of nitrogens with zero attached hydrogens (tertiary/aromatic N) is 2. The summed E-state index contributed by atoms with van der Waals surface area (Å²) in [6.07, 6.45) is -0.0560. The minimum Gasteiger partial charge on any atom is -0.450 e. The van der Waals surface area contributed by atoms with Crippen LogP contribution in [-0.2, 0) is 27.7 Å². The number of ether oxygens (including phenoxy) is 1. The third-order valence-corrected chi connectivity index (χ3v) is 7.02. The first-order valence-corrected chi connectivity index (χ1v) is 10.6. The van der Waals surface area contributed by atoms with Crippen LogP contribution in [-0.4, -0.2) is 37.0 Å². The summed E-state index contributed by atoms with van der Waals surface area (Å²) in [4.78, 5) is 16.9. The molecule has 3 rings (SSSR count). The summed E-state index contributed by atoms with van der Waals surface area (Å²) in [7, 11) is -3.56. The summed E-state index contributed by atoms with van der Waals surface area (Å²) in [5, 5.41) is 2.99. The Bertz CT molecular complexity index is 881. The molecule has 0 unspecified atom stereocenters. The number of benzene rings is 1. The van der Waals surface area contributed by atoms with Crippen LogP contribution in [0.3, 0.4) is 0 Å². The highest BCUT2D eigenvalue weighted by Gasteiger charge is 2.30. The number of carbonyl (C=O) groups is 1. The molecule has 0 bridgehead atoms. The molecule has 134 valence electrons. The van der Waals surface area contributed by atoms with Gasteiger partial charge < -0.3 is 4.74 Å². The van der Waals surface area contributed by atoms with Gasteiger partial charge in [0.15, 0.2) is 5.13 Å². The summed E-state index contributed by atoms with van der Waals surface area (Å²) in [6.45, 7) is 2.59. The molecule has 1 aromatic heterocycles. The predicted molar refractivity (Wildman–Crippen MR) is 98.2 cm³/mol. The van der Waals surface area contributed by atoms with Crippen LogP contribution in [0.2, 0.25) is 0 Å². The van der Waals surface area contributed by atoms with E-state index in [-0.39, 0.29) is 18.0 Å². The quantitative estimate of drug-likeness (QED) is 0.779. The standard InChI is InChI=1S/C15H16BrN3O4S2/c1-2-23-15(20)18-14-17-12-7-8-19(9-13(12)24-14)25(21,22)11-5-3-10(16)4-6-11/h3-6H,2,7-9H2,1H3,(H,17,18,20). The summed E-state index contributed by atoms with van der Waals surface area (Å²) in [5.41, 5.74) is 0.819. The number of sulfonamides is 1. The first-order valence-electron chi connectivity index (χ1n) is 7.58. The van der Waals surface area contributed by atoms with E-state index in [1.165, 1.54) is 15.6 Å². The van der Waals surface area contributed by atoms with Crippen molar-refractivity contribution in [1.29, 1.82) is 0 Å². The maximum absolute atomic E-state index is 12.8. The Morgan fingerprint density at radius 1 is 1.40 bits per heavy atom. The number of anilines is 1. The van der Waals surface area contributed by atoms with Crippen LogP contribution in [0.1, 0.15) is 17.5 Å². The van der Waals surface area contributed by atoms with Gasteiger partial charge >= 0.3 is 6.09 Å². The number of thiazole rings is 1. The van der Waals surface area contributed by atoms with Gasteiger partial charge in [0.1, 0.15) is 0 Å². The zero-order chi connectivity index (χ0) is 18.0. The van der Waals surface area contributed by atoms with Crippen molar-refractivity contribution in [3.8, 4) is 0 Å². The van der Waals surface area contributed by atoms with Crippen molar-refractivity contribution in [2.45, 2.75) is 24.8 Å². The van der Waals surface area contributed by atoms with Crippen LogP contribution in [0.15, 0.2) is 33.6 Å². The first-order chi connectivity index (χ1) is 11.9. The highest BCUT2D eigenvalue weighted by Crippen LogP contribution is 2.31. The highest BCUT2D eigenvalue weighted by molar-refractivity contribution is 9.10. The predicted octanol–water partition coefficient (Wildman–Crippen LogP) is 3.22. The second-order valence-corrected chi connectivity index (χ2v) is 9.21. The molecule has 1 aromatic carbocycles. The van der Waals surface area contributed by atoms with Crippen molar-refractivity contribution >= 4 is 48.5 Å². The second kappa shape index (κ2) is 7.40. The number of rotatable bonds is 4. The molecule has 1 aliphatic rings. The molecule has 2 heterocycles. The van der Waals surface area contributed by atoms with Gasteiger partial charge in [-0.25, -0.2) is 18.2 Å². The molecular weight excluding hydrogens is 430 g/mol. The molecule has 2 aromatic rings. The zero-order valence-electron chi connectivity index (χ0n) is 13.4. The van der Waals surface area contributed by atoms with Crippen LogP contribution >= 0.6 is 27.3 Å². The largest absolute Gasteiger partial charge is 0.450 e. The van der Waals surface area contributed by atoms with Gasteiger partial charge in [-0.3, -0.25) is 5.32 Å². The zero-order valence-corrected chi connectivity index (χ0v) is 16.6. The van der Waals surface area contributed by atoms with E-state index in [1.54, 1.807) is 31.2 Å². The van der Waals surface area contributed by atoms with E-state index in [2.05, 4.69) is 26.2 Å². The topological polar surface area (TPSA) is 88.6 Å². The average molecular weight is 446 g/mol. The lowest BCUT2D eigenvalue weighted by atomic mass is 10.2. The molecule has 0 aliphatic carbocycles. The maximum Gasteiger partial charge on any atom is 0.413 e. The molecule has 0 saturated heterocycles. The number of nitrogens with one attached hydrogen (secondary N) is 1. The number of carbonyl (C=O) groups excluding carboxylic acids is 1. The number of amides is 1. The van der Waals surface area contributed by atoms with E-state index in [1.807, 2.05) is 0 Å². The van der Waals surface area contributed by atoms with Gasteiger partial charge in [0.25, 0.3) is 0 Å². The number of fused-ring (bicyclic) bond motifs is 1. The molecule has 7 nitrogen and oxygen atoms in total. The van der Waals surface area contributed by atoms with Crippen LogP contribution in [0, 0.1) is 0 Å². The Hall–Kier alpha value is -1.49. The summed E-state index contributed by atoms with van der Waals surface area (Å²) >= 11 is 4.57. The van der Waals surface area contributed by atoms with Gasteiger partial charge in [0.2, 0.25) is 10.0 Å². The SMILES string of the molecule is CCOC(=O)Nc1nc2c(s1)CN(S(=O)(=O)c1ccc(Br)cc1)CC2. The lowest BCUT2D eigenvalue weighted by Gasteiger charge is -2.25. The minimum absolute atomic E-state index is 0.246. The molecule has 25 heavy (non-hydrogen) atoms. The Morgan fingerprint density at radius 2 is 2.12 bits per heavy atom.